The van der Waals surface area contributed by atoms with Crippen LogP contribution in [0, 0.1) is 0 Å². The van der Waals surface area contributed by atoms with Crippen molar-refractivity contribution in [2.45, 2.75) is 6.82 Å². The molecule has 0 aromatic heterocycles. The average Bonchev–Trinajstić information content (AvgIpc) is 1.38. The lowest BCUT2D eigenvalue weighted by Gasteiger charge is -2.05. The van der Waals surface area contributed by atoms with E-state index in [1.807, 2.05) is 0 Å². The van der Waals surface area contributed by atoms with Crippen molar-refractivity contribution in [1.82, 2.24) is 0 Å². The molecule has 0 aliphatic rings. The summed E-state index contributed by atoms with van der Waals surface area (Å²) in [6, 6.07) is 0. The van der Waals surface area contributed by atoms with E-state index in [1.165, 1.54) is 8.46 Å². The Morgan fingerprint density at radius 3 is 2.00 bits per heavy atom. The first kappa shape index (κ1) is 6.22. The van der Waals surface area contributed by atoms with E-state index in [0.717, 1.165) is 4.29 Å². The first-order valence-corrected chi connectivity index (χ1v) is 4.16. The van der Waals surface area contributed by atoms with Crippen LogP contribution in [0.25, 0.3) is 0 Å². The third-order valence-electron chi connectivity index (χ3n) is 0.356. The fourth-order valence-corrected chi connectivity index (χ4v) is 0. The van der Waals surface area contributed by atoms with E-state index < -0.39 is 0 Å². The fraction of sp³-hybridized carbons (Fsp3) is 1.00. The van der Waals surface area contributed by atoms with Crippen LogP contribution in [0.3, 0.4) is 0 Å². The minimum atomic E-state index is 0.826. The minimum absolute atomic E-state index is 0.826. The van der Waals surface area contributed by atoms with Gasteiger partial charge in [0.2, 0.25) is 0 Å². The third kappa shape index (κ3) is 5.22. The Balaban J connectivity index is 2.54. The zero-order valence-corrected chi connectivity index (χ0v) is 6.45. The van der Waals surface area contributed by atoms with Crippen LogP contribution in [-0.4, -0.2) is 11.0 Å². The highest BCUT2D eigenvalue weighted by Crippen LogP contribution is 2.13. The van der Waals surface area contributed by atoms with Crippen LogP contribution in [-0.2, 0) is 0 Å². The van der Waals surface area contributed by atoms with Crippen LogP contribution in [0.1, 0.15) is 0 Å². The Morgan fingerprint density at radius 1 is 1.80 bits per heavy atom. The standard InChI is InChI=1S/C2H6BIP/c1-3(4)5-2/h1-2H3/q-1. The predicted molar refractivity (Wildman–Crippen MR) is 38.5 cm³/mol. The molecule has 0 spiro atoms. The van der Waals surface area contributed by atoms with Gasteiger partial charge in [-0.1, -0.05) is 0 Å². The Bertz CT molecular complexity index is 23.6. The summed E-state index contributed by atoms with van der Waals surface area (Å²) in [6.07, 6.45) is 0. The molecule has 3 heteroatoms. The lowest BCUT2D eigenvalue weighted by molar-refractivity contribution is 2.34. The zero-order chi connectivity index (χ0) is 4.28. The van der Waals surface area contributed by atoms with Gasteiger partial charge >= 0.3 is 0 Å². The molecule has 30 valence electrons. The monoisotopic (exact) mass is 199 g/mol. The van der Waals surface area contributed by atoms with Crippen molar-refractivity contribution in [3.8, 4) is 0 Å². The van der Waals surface area contributed by atoms with Crippen molar-refractivity contribution < 1.29 is 0 Å². The molecule has 0 unspecified atom stereocenters. The Kier molecular flexibility index (Phi) is 4.25. The van der Waals surface area contributed by atoms with Crippen LogP contribution >= 0.6 is 30.8 Å². The molecule has 0 aromatic rings. The molecule has 0 saturated carbocycles. The molecule has 5 heavy (non-hydrogen) atoms. The van der Waals surface area contributed by atoms with E-state index in [4.69, 9.17) is 0 Å². The largest absolute Gasteiger partial charge is 0.560 e. The van der Waals surface area contributed by atoms with Crippen molar-refractivity contribution in [2.75, 3.05) is 6.66 Å². The summed E-state index contributed by atoms with van der Waals surface area (Å²) in [7, 11) is 1.48. The van der Waals surface area contributed by atoms with Gasteiger partial charge in [-0.15, -0.1) is 6.82 Å². The van der Waals surface area contributed by atoms with E-state index in [2.05, 4.69) is 35.9 Å². The van der Waals surface area contributed by atoms with Gasteiger partial charge in [-0.05, 0) is 0 Å². The van der Waals surface area contributed by atoms with Crippen molar-refractivity contribution in [1.29, 1.82) is 0 Å². The van der Waals surface area contributed by atoms with Crippen molar-refractivity contribution >= 4 is 35.1 Å². The molecule has 0 aromatic carbocycles. The maximum atomic E-state index is 2.39. The molecule has 0 atom stereocenters. The van der Waals surface area contributed by atoms with Crippen LogP contribution in [0.2, 0.25) is 6.82 Å². The lowest BCUT2D eigenvalue weighted by atomic mass is 10.2. The molecule has 0 nitrogen and oxygen atoms in total. The zero-order valence-electron chi connectivity index (χ0n) is 3.40. The van der Waals surface area contributed by atoms with E-state index in [0.29, 0.717) is 0 Å². The topological polar surface area (TPSA) is 0 Å². The molecule has 0 N–H and O–H groups in total. The summed E-state index contributed by atoms with van der Waals surface area (Å²) in [5.41, 5.74) is 0. The number of rotatable bonds is 1. The minimum Gasteiger partial charge on any atom is -0.560 e. The Hall–Kier alpha value is 1.22. The van der Waals surface area contributed by atoms with Gasteiger partial charge in [0.25, 0.3) is 0 Å². The van der Waals surface area contributed by atoms with E-state index in [1.54, 1.807) is 0 Å². The molecular weight excluding hydrogens is 193 g/mol. The molecule has 0 bridgehead atoms. The lowest BCUT2D eigenvalue weighted by Crippen LogP contribution is -1.77. The highest BCUT2D eigenvalue weighted by molar-refractivity contribution is 14.1. The van der Waals surface area contributed by atoms with Gasteiger partial charge in [0, 0.05) is 4.29 Å². The first-order chi connectivity index (χ1) is 2.27. The average molecular weight is 199 g/mol. The molecule has 0 aliphatic carbocycles. The summed E-state index contributed by atoms with van der Waals surface area (Å²) in [4.78, 5) is 0. The molecular formula is C2H6BIP-. The van der Waals surface area contributed by atoms with Crippen molar-refractivity contribution in [3.63, 3.8) is 0 Å². The predicted octanol–water partition coefficient (Wildman–Crippen LogP) is 2.12. The van der Waals surface area contributed by atoms with Crippen LogP contribution in [0.4, 0.5) is 0 Å². The second-order valence-corrected chi connectivity index (χ2v) is 4.98. The van der Waals surface area contributed by atoms with Crippen LogP contribution in [0.15, 0.2) is 0 Å². The van der Waals surface area contributed by atoms with Gasteiger partial charge in [-0.25, -0.2) is 0 Å². The summed E-state index contributed by atoms with van der Waals surface area (Å²) in [5, 5.41) is 0. The first-order valence-electron chi connectivity index (χ1n) is 1.50. The summed E-state index contributed by atoms with van der Waals surface area (Å²) >= 11 is 2.39. The number of hydrogen-bond acceptors (Lipinski definition) is 0. The summed E-state index contributed by atoms with van der Waals surface area (Å²) < 4.78 is 0.826. The third-order valence-corrected chi connectivity index (χ3v) is 2.74. The second kappa shape index (κ2) is 3.42. The van der Waals surface area contributed by atoms with E-state index >= 15 is 0 Å². The van der Waals surface area contributed by atoms with Gasteiger partial charge in [0.1, 0.15) is 0 Å². The van der Waals surface area contributed by atoms with Gasteiger partial charge in [-0.3, -0.25) is 0 Å². The SMILES string of the molecule is C[P-]B(C)I. The maximum absolute atomic E-state index is 2.39. The van der Waals surface area contributed by atoms with Gasteiger partial charge in [-0.2, -0.15) is 29.0 Å². The van der Waals surface area contributed by atoms with Crippen molar-refractivity contribution in [3.05, 3.63) is 0 Å². The normalized spacial score (nSPS) is 10.2. The highest BCUT2D eigenvalue weighted by atomic mass is 127. The maximum Gasteiger partial charge on any atom is 0.0463 e. The smallest absolute Gasteiger partial charge is 0.0463 e. The summed E-state index contributed by atoms with van der Waals surface area (Å²) in [5.74, 6) is 0. The molecule has 0 aliphatic heterocycles. The highest BCUT2D eigenvalue weighted by Gasteiger charge is 1.71. The summed E-state index contributed by atoms with van der Waals surface area (Å²) in [6.45, 7) is 4.36. The molecule has 0 fully saturated rings. The Morgan fingerprint density at radius 2 is 2.00 bits per heavy atom. The Labute approximate surface area is 48.8 Å². The molecule has 0 heterocycles. The quantitative estimate of drug-likeness (QED) is 0.344. The molecule has 0 rings (SSSR count). The number of halogens is 1. The van der Waals surface area contributed by atoms with E-state index in [-0.39, 0.29) is 0 Å². The van der Waals surface area contributed by atoms with Crippen molar-refractivity contribution in [2.24, 2.45) is 0 Å². The molecule has 0 amide bonds. The van der Waals surface area contributed by atoms with Gasteiger partial charge in [0.05, 0.1) is 0 Å². The van der Waals surface area contributed by atoms with Crippen LogP contribution in [0.5, 0.6) is 0 Å². The molecule has 0 saturated heterocycles. The van der Waals surface area contributed by atoms with Crippen LogP contribution < -0.4 is 0 Å². The van der Waals surface area contributed by atoms with Gasteiger partial charge in [0.15, 0.2) is 0 Å². The van der Waals surface area contributed by atoms with Gasteiger partial charge < -0.3 is 8.46 Å². The molecule has 0 radical (unpaired) electrons. The fourth-order valence-electron chi connectivity index (χ4n) is 0. The van der Waals surface area contributed by atoms with E-state index in [9.17, 15) is 0 Å². The second-order valence-electron chi connectivity index (χ2n) is 0.832. The number of hydrogen-bond donors (Lipinski definition) is 0.